The number of carbonyl (C=O) groups is 1. The Labute approximate surface area is 228 Å². The molecule has 5 rings (SSSR count). The van der Waals surface area contributed by atoms with Crippen LogP contribution in [-0.2, 0) is 10.0 Å². The quantitative estimate of drug-likeness (QED) is 0.434. The van der Waals surface area contributed by atoms with Crippen LogP contribution in [0.4, 0.5) is 5.13 Å². The average molecular weight is 559 g/mol. The predicted molar refractivity (Wildman–Crippen MR) is 149 cm³/mol. The molecule has 0 radical (unpaired) electrons. The van der Waals surface area contributed by atoms with Crippen molar-refractivity contribution in [1.82, 2.24) is 14.2 Å². The molecule has 204 valence electrons. The zero-order chi connectivity index (χ0) is 27.0. The van der Waals surface area contributed by atoms with Crippen LogP contribution >= 0.6 is 11.3 Å². The number of nitrogens with zero attached hydrogens (tertiary/aromatic N) is 4. The van der Waals surface area contributed by atoms with Gasteiger partial charge in [-0.15, -0.1) is 0 Å². The van der Waals surface area contributed by atoms with Gasteiger partial charge in [0.2, 0.25) is 10.0 Å². The summed E-state index contributed by atoms with van der Waals surface area (Å²) in [5.74, 6) is 1.74. The van der Waals surface area contributed by atoms with E-state index in [4.69, 9.17) is 14.5 Å². The number of hydrogen-bond donors (Lipinski definition) is 0. The van der Waals surface area contributed by atoms with Gasteiger partial charge in [0.05, 0.1) is 15.1 Å². The minimum Gasteiger partial charge on any atom is -0.486 e. The molecule has 1 aromatic heterocycles. The lowest BCUT2D eigenvalue weighted by Crippen LogP contribution is -2.42. The maximum Gasteiger partial charge on any atom is 0.260 e. The number of amides is 1. The molecule has 0 N–H and O–H groups in total. The van der Waals surface area contributed by atoms with E-state index in [1.165, 1.54) is 23.5 Å². The third-order valence-electron chi connectivity index (χ3n) is 6.86. The number of hydrogen-bond acceptors (Lipinski definition) is 8. The molecule has 38 heavy (non-hydrogen) atoms. The Balaban J connectivity index is 1.42. The summed E-state index contributed by atoms with van der Waals surface area (Å²) in [5.41, 5.74) is 1.15. The van der Waals surface area contributed by atoms with Gasteiger partial charge in [-0.2, -0.15) is 4.31 Å². The smallest absolute Gasteiger partial charge is 0.260 e. The molecule has 9 nitrogen and oxygen atoms in total. The van der Waals surface area contributed by atoms with E-state index < -0.39 is 10.0 Å². The normalized spacial score (nSPS) is 20.1. The van der Waals surface area contributed by atoms with Crippen LogP contribution in [0.5, 0.6) is 11.5 Å². The second kappa shape index (κ2) is 10.8. The van der Waals surface area contributed by atoms with Crippen LogP contribution in [0.1, 0.15) is 30.6 Å². The predicted octanol–water partition coefficient (Wildman–Crippen LogP) is 3.94. The van der Waals surface area contributed by atoms with E-state index in [2.05, 4.69) is 13.8 Å². The summed E-state index contributed by atoms with van der Waals surface area (Å²) in [7, 11) is 0.278. The van der Waals surface area contributed by atoms with Crippen molar-refractivity contribution in [1.29, 1.82) is 0 Å². The topological polar surface area (TPSA) is 92.3 Å². The molecule has 1 fully saturated rings. The third-order valence-corrected chi connectivity index (χ3v) is 9.75. The first-order valence-electron chi connectivity index (χ1n) is 12.9. The van der Waals surface area contributed by atoms with Gasteiger partial charge in [-0.25, -0.2) is 13.4 Å². The molecule has 1 amide bonds. The molecular formula is C27H34N4O5S2. The van der Waals surface area contributed by atoms with Gasteiger partial charge in [0.1, 0.15) is 13.2 Å². The number of anilines is 1. The van der Waals surface area contributed by atoms with Crippen LogP contribution in [-0.4, -0.2) is 82.0 Å². The molecule has 0 spiro atoms. The van der Waals surface area contributed by atoms with E-state index in [0.29, 0.717) is 73.4 Å². The molecule has 3 aromatic rings. The molecule has 0 saturated carbocycles. The standard InChI is InChI=1S/C27H34N4O5S2/c1-18-13-19(2)17-30(16-18)38(33,34)21-7-5-20(6-8-21)26(32)31(10-9-29(3)4)27-28-22-14-23-24(15-25(22)37-27)36-12-11-35-23/h5-8,14-15,18-19H,9-13,16-17H2,1-4H3. The Morgan fingerprint density at radius 1 is 1.03 bits per heavy atom. The molecule has 2 aromatic carbocycles. The molecule has 2 atom stereocenters. The number of likely N-dealkylation sites (N-methyl/N-ethyl adjacent to an activating group) is 1. The largest absolute Gasteiger partial charge is 0.486 e. The number of ether oxygens (including phenoxy) is 2. The Kier molecular flexibility index (Phi) is 7.63. The average Bonchev–Trinajstić information content (AvgIpc) is 3.29. The van der Waals surface area contributed by atoms with Gasteiger partial charge in [0, 0.05) is 43.9 Å². The van der Waals surface area contributed by atoms with Crippen LogP contribution in [0.25, 0.3) is 10.2 Å². The number of fused-ring (bicyclic) bond motifs is 2. The highest BCUT2D eigenvalue weighted by Crippen LogP contribution is 2.39. The second-order valence-corrected chi connectivity index (χ2v) is 13.5. The van der Waals surface area contributed by atoms with E-state index in [9.17, 15) is 13.2 Å². The van der Waals surface area contributed by atoms with Crippen molar-refractivity contribution in [2.45, 2.75) is 25.2 Å². The number of thiazole rings is 1. The molecule has 0 aliphatic carbocycles. The minimum atomic E-state index is -3.62. The first kappa shape index (κ1) is 26.9. The Morgan fingerprint density at radius 2 is 1.66 bits per heavy atom. The van der Waals surface area contributed by atoms with Crippen LogP contribution in [0.3, 0.4) is 0 Å². The summed E-state index contributed by atoms with van der Waals surface area (Å²) in [6.07, 6.45) is 1.02. The van der Waals surface area contributed by atoms with E-state index >= 15 is 0 Å². The van der Waals surface area contributed by atoms with Crippen molar-refractivity contribution < 1.29 is 22.7 Å². The maximum absolute atomic E-state index is 13.7. The number of piperidine rings is 1. The Bertz CT molecular complexity index is 1370. The highest BCUT2D eigenvalue weighted by molar-refractivity contribution is 7.89. The van der Waals surface area contributed by atoms with Crippen molar-refractivity contribution in [2.24, 2.45) is 11.8 Å². The second-order valence-electron chi connectivity index (χ2n) is 10.5. The van der Waals surface area contributed by atoms with Gasteiger partial charge in [-0.3, -0.25) is 9.69 Å². The number of rotatable bonds is 7. The fraction of sp³-hybridized carbons (Fsp3) is 0.481. The lowest BCUT2D eigenvalue weighted by Gasteiger charge is -2.34. The van der Waals surface area contributed by atoms with E-state index in [0.717, 1.165) is 16.6 Å². The van der Waals surface area contributed by atoms with E-state index in [1.54, 1.807) is 21.3 Å². The molecular weight excluding hydrogens is 524 g/mol. The lowest BCUT2D eigenvalue weighted by molar-refractivity contribution is 0.0985. The van der Waals surface area contributed by atoms with Crippen molar-refractivity contribution in [3.8, 4) is 11.5 Å². The van der Waals surface area contributed by atoms with E-state index in [-0.39, 0.29) is 10.8 Å². The summed E-state index contributed by atoms with van der Waals surface area (Å²) in [6.45, 7) is 7.26. The molecule has 0 bridgehead atoms. The lowest BCUT2D eigenvalue weighted by atomic mass is 9.94. The van der Waals surface area contributed by atoms with Gasteiger partial charge in [-0.1, -0.05) is 25.2 Å². The number of sulfonamides is 1. The minimum absolute atomic E-state index is 0.209. The van der Waals surface area contributed by atoms with Crippen LogP contribution in [0.15, 0.2) is 41.3 Å². The summed E-state index contributed by atoms with van der Waals surface area (Å²) in [6, 6.07) is 10.0. The Hall–Kier alpha value is -2.73. The first-order valence-corrected chi connectivity index (χ1v) is 15.1. The van der Waals surface area contributed by atoms with Crippen LogP contribution in [0.2, 0.25) is 0 Å². The third kappa shape index (κ3) is 5.51. The molecule has 3 heterocycles. The Morgan fingerprint density at radius 3 is 2.29 bits per heavy atom. The molecule has 2 aliphatic heterocycles. The fourth-order valence-corrected chi connectivity index (χ4v) is 7.71. The van der Waals surface area contributed by atoms with Crippen LogP contribution < -0.4 is 14.4 Å². The molecule has 1 saturated heterocycles. The summed E-state index contributed by atoms with van der Waals surface area (Å²) in [5, 5.41) is 0.571. The van der Waals surface area contributed by atoms with Crippen molar-refractivity contribution in [2.75, 3.05) is 58.4 Å². The molecule has 2 unspecified atom stereocenters. The van der Waals surface area contributed by atoms with Crippen molar-refractivity contribution in [3.05, 3.63) is 42.0 Å². The summed E-state index contributed by atoms with van der Waals surface area (Å²) < 4.78 is 40.5. The van der Waals surface area contributed by atoms with Gasteiger partial charge >= 0.3 is 0 Å². The number of aromatic nitrogens is 1. The van der Waals surface area contributed by atoms with Gasteiger partial charge in [0.15, 0.2) is 16.6 Å². The first-order chi connectivity index (χ1) is 18.1. The highest BCUT2D eigenvalue weighted by atomic mass is 32.2. The van der Waals surface area contributed by atoms with Crippen molar-refractivity contribution >= 4 is 42.6 Å². The summed E-state index contributed by atoms with van der Waals surface area (Å²) in [4.78, 5) is 22.3. The fourth-order valence-electron chi connectivity index (χ4n) is 5.03. The molecule has 2 aliphatic rings. The van der Waals surface area contributed by atoms with E-state index in [1.807, 2.05) is 31.1 Å². The van der Waals surface area contributed by atoms with Crippen molar-refractivity contribution in [3.63, 3.8) is 0 Å². The maximum atomic E-state index is 13.7. The zero-order valence-electron chi connectivity index (χ0n) is 22.2. The SMILES string of the molecule is CC1CC(C)CN(S(=O)(=O)c2ccc(C(=O)N(CCN(C)C)c3nc4cc5c(cc4s3)OCCO5)cc2)C1. The number of carbonyl (C=O) groups excluding carboxylic acids is 1. The van der Waals surface area contributed by atoms with Crippen LogP contribution in [0, 0.1) is 11.8 Å². The molecule has 11 heteroatoms. The van der Waals surface area contributed by atoms with Gasteiger partial charge in [0.25, 0.3) is 5.91 Å². The number of benzene rings is 2. The zero-order valence-corrected chi connectivity index (χ0v) is 23.8. The highest BCUT2D eigenvalue weighted by Gasteiger charge is 2.32. The monoisotopic (exact) mass is 558 g/mol. The van der Waals surface area contributed by atoms with Gasteiger partial charge < -0.3 is 14.4 Å². The van der Waals surface area contributed by atoms with Gasteiger partial charge in [-0.05, 0) is 56.6 Å². The summed E-state index contributed by atoms with van der Waals surface area (Å²) >= 11 is 1.42.